The molecule has 2 aromatic carbocycles. The van der Waals surface area contributed by atoms with Crippen LogP contribution in [-0.2, 0) is 19.1 Å². The van der Waals surface area contributed by atoms with Crippen LogP contribution in [0.4, 0.5) is 5.69 Å². The van der Waals surface area contributed by atoms with Gasteiger partial charge in [0.2, 0.25) is 11.8 Å². The fourth-order valence-corrected chi connectivity index (χ4v) is 4.16. The lowest BCUT2D eigenvalue weighted by atomic mass is 10.1. The van der Waals surface area contributed by atoms with Gasteiger partial charge in [-0.25, -0.2) is 4.79 Å². The molecule has 3 amide bonds. The maximum atomic E-state index is 12.5. The van der Waals surface area contributed by atoms with Gasteiger partial charge >= 0.3 is 5.97 Å². The highest BCUT2D eigenvalue weighted by atomic mass is 32.2. The fraction of sp³-hybridized carbons (Fsp3) is 0.273. The van der Waals surface area contributed by atoms with Crippen LogP contribution in [0.5, 0.6) is 0 Å². The Bertz CT molecular complexity index is 1020. The Kier molecular flexibility index (Phi) is 6.56. The first-order chi connectivity index (χ1) is 14.3. The maximum absolute atomic E-state index is 12.5. The quantitative estimate of drug-likeness (QED) is 0.564. The molecule has 7 nitrogen and oxygen atoms in total. The normalized spacial score (nSPS) is 16.0. The molecule has 0 aliphatic carbocycles. The third-order valence-corrected chi connectivity index (χ3v) is 6.10. The third kappa shape index (κ3) is 4.88. The summed E-state index contributed by atoms with van der Waals surface area (Å²) in [6.07, 6.45) is 0.0851. The van der Waals surface area contributed by atoms with E-state index >= 15 is 0 Å². The number of carbonyl (C=O) groups excluding carboxylic acids is 4. The van der Waals surface area contributed by atoms with Crippen molar-refractivity contribution >= 4 is 41.1 Å². The van der Waals surface area contributed by atoms with Crippen molar-refractivity contribution in [2.45, 2.75) is 30.4 Å². The summed E-state index contributed by atoms with van der Waals surface area (Å²) in [5.74, 6) is -1.66. The minimum absolute atomic E-state index is 0.0851. The molecule has 8 heteroatoms. The topological polar surface area (TPSA) is 92.8 Å². The summed E-state index contributed by atoms with van der Waals surface area (Å²) < 4.78 is 5.16. The zero-order chi connectivity index (χ0) is 21.8. The third-order valence-electron chi connectivity index (χ3n) is 4.84. The number of amides is 3. The predicted octanol–water partition coefficient (Wildman–Crippen LogP) is 2.95. The van der Waals surface area contributed by atoms with Crippen molar-refractivity contribution in [3.63, 3.8) is 0 Å². The molecule has 1 saturated heterocycles. The molecule has 1 aliphatic heterocycles. The second-order valence-electron chi connectivity index (χ2n) is 7.02. The molecule has 156 valence electrons. The monoisotopic (exact) mass is 426 g/mol. The average Bonchev–Trinajstić information content (AvgIpc) is 2.96. The Hall–Kier alpha value is -3.13. The SMILES string of the molecule is Cc1ccc(NC(=O)COC(=O)c2ccccc2SC2CC(=O)N(C)C2=O)cc1C. The van der Waals surface area contributed by atoms with E-state index in [1.165, 1.54) is 7.05 Å². The van der Waals surface area contributed by atoms with Crippen molar-refractivity contribution in [2.24, 2.45) is 0 Å². The highest BCUT2D eigenvalue weighted by molar-refractivity contribution is 8.00. The minimum Gasteiger partial charge on any atom is -0.452 e. The van der Waals surface area contributed by atoms with Crippen molar-refractivity contribution in [1.29, 1.82) is 0 Å². The number of hydrogen-bond donors (Lipinski definition) is 1. The van der Waals surface area contributed by atoms with Crippen LogP contribution in [0, 0.1) is 13.8 Å². The van der Waals surface area contributed by atoms with Gasteiger partial charge in [-0.15, -0.1) is 11.8 Å². The summed E-state index contributed by atoms with van der Waals surface area (Å²) in [4.78, 5) is 50.2. The molecule has 0 saturated carbocycles. The number of likely N-dealkylation sites (tertiary alicyclic amines) is 1. The number of esters is 1. The number of aryl methyl sites for hydroxylation is 2. The smallest absolute Gasteiger partial charge is 0.339 e. The predicted molar refractivity (Wildman–Crippen MR) is 113 cm³/mol. The Balaban J connectivity index is 1.61. The summed E-state index contributed by atoms with van der Waals surface area (Å²) in [6.45, 7) is 3.49. The van der Waals surface area contributed by atoms with Crippen LogP contribution < -0.4 is 5.32 Å². The van der Waals surface area contributed by atoms with Gasteiger partial charge in [0.15, 0.2) is 6.61 Å². The van der Waals surface area contributed by atoms with Crippen molar-refractivity contribution in [3.8, 4) is 0 Å². The van der Waals surface area contributed by atoms with E-state index < -0.39 is 23.7 Å². The van der Waals surface area contributed by atoms with Gasteiger partial charge in [0.1, 0.15) is 0 Å². The van der Waals surface area contributed by atoms with Crippen LogP contribution in [0.2, 0.25) is 0 Å². The molecule has 0 radical (unpaired) electrons. The number of benzene rings is 2. The van der Waals surface area contributed by atoms with E-state index in [1.54, 1.807) is 30.3 Å². The molecule has 3 rings (SSSR count). The number of imide groups is 1. The highest BCUT2D eigenvalue weighted by Gasteiger charge is 2.37. The maximum Gasteiger partial charge on any atom is 0.339 e. The number of hydrogen-bond acceptors (Lipinski definition) is 6. The number of nitrogens with zero attached hydrogens (tertiary/aromatic N) is 1. The van der Waals surface area contributed by atoms with E-state index in [-0.39, 0.29) is 23.8 Å². The molecule has 1 aliphatic rings. The van der Waals surface area contributed by atoms with Gasteiger partial charge < -0.3 is 10.1 Å². The molecule has 1 atom stereocenters. The van der Waals surface area contributed by atoms with E-state index in [1.807, 2.05) is 26.0 Å². The molecule has 1 fully saturated rings. The molecule has 1 N–H and O–H groups in total. The van der Waals surface area contributed by atoms with Crippen LogP contribution in [0.25, 0.3) is 0 Å². The number of ether oxygens (including phenoxy) is 1. The molecular weight excluding hydrogens is 404 g/mol. The largest absolute Gasteiger partial charge is 0.452 e. The molecule has 2 aromatic rings. The summed E-state index contributed by atoms with van der Waals surface area (Å²) >= 11 is 1.15. The van der Waals surface area contributed by atoms with Gasteiger partial charge in [0.25, 0.3) is 5.91 Å². The average molecular weight is 426 g/mol. The van der Waals surface area contributed by atoms with Crippen LogP contribution in [0.3, 0.4) is 0 Å². The minimum atomic E-state index is -0.668. The first-order valence-electron chi connectivity index (χ1n) is 9.36. The van der Waals surface area contributed by atoms with E-state index in [4.69, 9.17) is 4.74 Å². The van der Waals surface area contributed by atoms with Crippen LogP contribution in [-0.4, -0.2) is 47.5 Å². The summed E-state index contributed by atoms with van der Waals surface area (Å²) in [5.41, 5.74) is 3.03. The van der Waals surface area contributed by atoms with Crippen LogP contribution in [0.1, 0.15) is 27.9 Å². The summed E-state index contributed by atoms with van der Waals surface area (Å²) in [5, 5.41) is 2.12. The number of rotatable bonds is 6. The Morgan fingerprint density at radius 3 is 2.53 bits per heavy atom. The Labute approximate surface area is 178 Å². The van der Waals surface area contributed by atoms with E-state index in [9.17, 15) is 19.2 Å². The van der Waals surface area contributed by atoms with E-state index in [0.717, 1.165) is 27.8 Å². The summed E-state index contributed by atoms with van der Waals surface area (Å²) in [6, 6.07) is 12.2. The summed E-state index contributed by atoms with van der Waals surface area (Å²) in [7, 11) is 1.44. The van der Waals surface area contributed by atoms with Gasteiger partial charge in [-0.3, -0.25) is 19.3 Å². The van der Waals surface area contributed by atoms with E-state index in [2.05, 4.69) is 5.32 Å². The lowest BCUT2D eigenvalue weighted by molar-refractivity contribution is -0.136. The molecule has 1 heterocycles. The van der Waals surface area contributed by atoms with Gasteiger partial charge in [0.05, 0.1) is 10.8 Å². The van der Waals surface area contributed by atoms with Crippen LogP contribution >= 0.6 is 11.8 Å². The first-order valence-corrected chi connectivity index (χ1v) is 10.2. The van der Waals surface area contributed by atoms with Crippen molar-refractivity contribution in [1.82, 2.24) is 4.90 Å². The van der Waals surface area contributed by atoms with Gasteiger partial charge in [-0.2, -0.15) is 0 Å². The standard InChI is InChI=1S/C22H22N2O5S/c1-13-8-9-15(10-14(13)2)23-19(25)12-29-22(28)16-6-4-5-7-17(16)30-18-11-20(26)24(3)21(18)27/h4-10,18H,11-12H2,1-3H3,(H,23,25). The first kappa shape index (κ1) is 21.6. The van der Waals surface area contributed by atoms with Crippen molar-refractivity contribution < 1.29 is 23.9 Å². The molecule has 0 spiro atoms. The van der Waals surface area contributed by atoms with Gasteiger partial charge in [0, 0.05) is 24.1 Å². The number of anilines is 1. The number of nitrogens with one attached hydrogen (secondary N) is 1. The second kappa shape index (κ2) is 9.13. The molecule has 30 heavy (non-hydrogen) atoms. The zero-order valence-corrected chi connectivity index (χ0v) is 17.7. The van der Waals surface area contributed by atoms with Gasteiger partial charge in [-0.1, -0.05) is 18.2 Å². The highest BCUT2D eigenvalue weighted by Crippen LogP contribution is 2.33. The van der Waals surface area contributed by atoms with Crippen LogP contribution in [0.15, 0.2) is 47.4 Å². The fourth-order valence-electron chi connectivity index (χ4n) is 2.93. The number of thioether (sulfide) groups is 1. The van der Waals surface area contributed by atoms with Crippen molar-refractivity contribution in [2.75, 3.05) is 19.0 Å². The lowest BCUT2D eigenvalue weighted by Gasteiger charge is -2.12. The van der Waals surface area contributed by atoms with Gasteiger partial charge in [-0.05, 0) is 49.2 Å². The van der Waals surface area contributed by atoms with Crippen molar-refractivity contribution in [3.05, 3.63) is 59.2 Å². The zero-order valence-electron chi connectivity index (χ0n) is 16.9. The number of carbonyl (C=O) groups is 4. The van der Waals surface area contributed by atoms with E-state index in [0.29, 0.717) is 10.6 Å². The Morgan fingerprint density at radius 1 is 1.13 bits per heavy atom. The lowest BCUT2D eigenvalue weighted by Crippen LogP contribution is -2.26. The second-order valence-corrected chi connectivity index (χ2v) is 8.27. The molecule has 1 unspecified atom stereocenters. The molecular formula is C22H22N2O5S. The molecule has 0 aromatic heterocycles. The molecule has 0 bridgehead atoms. The Morgan fingerprint density at radius 2 is 1.87 bits per heavy atom.